The summed E-state index contributed by atoms with van der Waals surface area (Å²) in [5, 5.41) is -2.78. The van der Waals surface area contributed by atoms with Crippen LogP contribution in [0.1, 0.15) is 31.1 Å². The first-order chi connectivity index (χ1) is 7.34. The molecule has 0 spiro atoms. The van der Waals surface area contributed by atoms with E-state index in [1.165, 1.54) is 0 Å². The summed E-state index contributed by atoms with van der Waals surface area (Å²) in [4.78, 5) is 32.9. The summed E-state index contributed by atoms with van der Waals surface area (Å²) < 4.78 is 0. The second kappa shape index (κ2) is 5.15. The normalized spacial score (nSPS) is 10.0. The minimum Gasteiger partial charge on any atom is -0.276 e. The van der Waals surface area contributed by atoms with E-state index in [1.807, 2.05) is 0 Å². The summed E-state index contributed by atoms with van der Waals surface area (Å²) in [6.45, 7) is 0. The maximum atomic E-state index is 11.0. The molecule has 16 heavy (non-hydrogen) atoms. The molecule has 84 valence electrons. The Kier molecular flexibility index (Phi) is 4.33. The number of benzene rings is 1. The molecule has 0 saturated carbocycles. The van der Waals surface area contributed by atoms with E-state index in [0.29, 0.717) is 0 Å². The van der Waals surface area contributed by atoms with E-state index in [-0.39, 0.29) is 21.7 Å². The number of carbonyl (C=O) groups excluding carboxylic acids is 3. The van der Waals surface area contributed by atoms with Crippen molar-refractivity contribution in [2.24, 2.45) is 0 Å². The van der Waals surface area contributed by atoms with Gasteiger partial charge in [0.15, 0.2) is 0 Å². The van der Waals surface area contributed by atoms with Gasteiger partial charge in [-0.25, -0.2) is 0 Å². The van der Waals surface area contributed by atoms with Gasteiger partial charge in [0.05, 0.1) is 10.6 Å². The zero-order valence-corrected chi connectivity index (χ0v) is 10.4. The van der Waals surface area contributed by atoms with Crippen molar-refractivity contribution < 1.29 is 14.4 Å². The summed E-state index contributed by atoms with van der Waals surface area (Å²) in [7, 11) is 0. The third kappa shape index (κ3) is 2.74. The van der Waals surface area contributed by atoms with Gasteiger partial charge in [0, 0.05) is 11.1 Å². The first-order valence-corrected chi connectivity index (χ1v) is 5.28. The molecule has 0 N–H and O–H groups in total. The molecule has 0 saturated heterocycles. The number of hydrogen-bond donors (Lipinski definition) is 0. The summed E-state index contributed by atoms with van der Waals surface area (Å²) >= 11 is 21.4. The molecule has 0 aromatic heterocycles. The van der Waals surface area contributed by atoms with Gasteiger partial charge in [-0.05, 0) is 46.9 Å². The standard InChI is InChI=1S/C9H2Cl4O3/c10-6-2-4(8(12)15)3(7(11)14)1-5(6)9(13)16/h1-2H. The van der Waals surface area contributed by atoms with Crippen LogP contribution in [0.15, 0.2) is 12.1 Å². The van der Waals surface area contributed by atoms with Crippen LogP contribution in [0.4, 0.5) is 0 Å². The zero-order chi connectivity index (χ0) is 12.5. The molecule has 3 nitrogen and oxygen atoms in total. The van der Waals surface area contributed by atoms with Crippen molar-refractivity contribution in [2.75, 3.05) is 0 Å². The highest BCUT2D eigenvalue weighted by atomic mass is 35.5. The molecule has 0 unspecified atom stereocenters. The van der Waals surface area contributed by atoms with Crippen LogP contribution in [-0.4, -0.2) is 15.7 Å². The van der Waals surface area contributed by atoms with Crippen molar-refractivity contribution >= 4 is 62.1 Å². The third-order valence-corrected chi connectivity index (χ3v) is 2.67. The number of rotatable bonds is 3. The van der Waals surface area contributed by atoms with Crippen LogP contribution in [0, 0.1) is 0 Å². The van der Waals surface area contributed by atoms with Crippen molar-refractivity contribution in [3.8, 4) is 0 Å². The topological polar surface area (TPSA) is 51.2 Å². The van der Waals surface area contributed by atoms with Crippen molar-refractivity contribution in [1.82, 2.24) is 0 Å². The van der Waals surface area contributed by atoms with Gasteiger partial charge < -0.3 is 0 Å². The fraction of sp³-hybridized carbons (Fsp3) is 0. The van der Waals surface area contributed by atoms with Crippen molar-refractivity contribution in [2.45, 2.75) is 0 Å². The molecule has 0 atom stereocenters. The predicted octanol–water partition coefficient (Wildman–Crippen LogP) is 3.48. The van der Waals surface area contributed by atoms with Gasteiger partial charge in [0.2, 0.25) is 0 Å². The molecule has 0 aliphatic heterocycles. The highest BCUT2D eigenvalue weighted by Gasteiger charge is 2.19. The molecule has 7 heteroatoms. The molecule has 0 radical (unpaired) electrons. The summed E-state index contributed by atoms with van der Waals surface area (Å²) in [6.07, 6.45) is 0. The molecular weight excluding hydrogens is 298 g/mol. The smallest absolute Gasteiger partial charge is 0.253 e. The number of hydrogen-bond acceptors (Lipinski definition) is 3. The SMILES string of the molecule is O=C(Cl)c1cc(C(=O)Cl)c(C(=O)Cl)cc1Cl. The van der Waals surface area contributed by atoms with E-state index < -0.39 is 15.7 Å². The van der Waals surface area contributed by atoms with E-state index in [1.54, 1.807) is 0 Å². The molecule has 0 bridgehead atoms. The van der Waals surface area contributed by atoms with Gasteiger partial charge in [0.25, 0.3) is 15.7 Å². The van der Waals surface area contributed by atoms with E-state index in [0.717, 1.165) is 12.1 Å². The van der Waals surface area contributed by atoms with Crippen LogP contribution in [0.3, 0.4) is 0 Å². The van der Waals surface area contributed by atoms with Gasteiger partial charge >= 0.3 is 0 Å². The van der Waals surface area contributed by atoms with Gasteiger partial charge in [-0.1, -0.05) is 11.6 Å². The van der Waals surface area contributed by atoms with Gasteiger partial charge in [0.1, 0.15) is 0 Å². The van der Waals surface area contributed by atoms with Gasteiger partial charge in [-0.2, -0.15) is 0 Å². The number of halogens is 4. The monoisotopic (exact) mass is 298 g/mol. The second-order valence-electron chi connectivity index (χ2n) is 2.70. The molecule has 0 fully saturated rings. The minimum absolute atomic E-state index is 0.0781. The second-order valence-corrected chi connectivity index (χ2v) is 4.14. The average Bonchev–Trinajstić information content (AvgIpc) is 2.15. The molecule has 1 rings (SSSR count). The third-order valence-electron chi connectivity index (χ3n) is 1.74. The van der Waals surface area contributed by atoms with E-state index in [4.69, 9.17) is 46.4 Å². The minimum atomic E-state index is -0.931. The molecule has 0 heterocycles. The molecule has 1 aromatic rings. The summed E-state index contributed by atoms with van der Waals surface area (Å²) in [5.41, 5.74) is -0.502. The Morgan fingerprint density at radius 2 is 1.12 bits per heavy atom. The molecule has 0 aliphatic carbocycles. The Bertz CT molecular complexity index is 496. The number of carbonyl (C=O) groups is 3. The van der Waals surface area contributed by atoms with Crippen LogP contribution >= 0.6 is 46.4 Å². The van der Waals surface area contributed by atoms with Crippen LogP contribution in [0.2, 0.25) is 5.02 Å². The predicted molar refractivity (Wildman–Crippen MR) is 62.0 cm³/mol. The Labute approximate surface area is 110 Å². The fourth-order valence-electron chi connectivity index (χ4n) is 1.05. The maximum absolute atomic E-state index is 11.0. The quantitative estimate of drug-likeness (QED) is 0.803. The highest BCUT2D eigenvalue weighted by molar-refractivity contribution is 6.72. The van der Waals surface area contributed by atoms with Crippen molar-refractivity contribution in [3.63, 3.8) is 0 Å². The lowest BCUT2D eigenvalue weighted by Gasteiger charge is -2.05. The lowest BCUT2D eigenvalue weighted by atomic mass is 10.1. The first kappa shape index (κ1) is 13.5. The first-order valence-electron chi connectivity index (χ1n) is 3.77. The Morgan fingerprint density at radius 3 is 1.50 bits per heavy atom. The fourth-order valence-corrected chi connectivity index (χ4v) is 1.82. The Balaban J connectivity index is 3.55. The lowest BCUT2D eigenvalue weighted by molar-refractivity contribution is 0.105. The van der Waals surface area contributed by atoms with E-state index in [9.17, 15) is 14.4 Å². The lowest BCUT2D eigenvalue weighted by Crippen LogP contribution is -2.04. The highest BCUT2D eigenvalue weighted by Crippen LogP contribution is 2.25. The van der Waals surface area contributed by atoms with E-state index >= 15 is 0 Å². The van der Waals surface area contributed by atoms with Crippen LogP contribution < -0.4 is 0 Å². The van der Waals surface area contributed by atoms with Gasteiger partial charge in [-0.3, -0.25) is 14.4 Å². The Morgan fingerprint density at radius 1 is 0.750 bits per heavy atom. The zero-order valence-electron chi connectivity index (χ0n) is 7.39. The van der Waals surface area contributed by atoms with Crippen molar-refractivity contribution in [3.05, 3.63) is 33.8 Å². The maximum Gasteiger partial charge on any atom is 0.253 e. The molecule has 0 amide bonds. The van der Waals surface area contributed by atoms with E-state index in [2.05, 4.69) is 0 Å². The molecule has 0 aliphatic rings. The Hall–Kier alpha value is -0.610. The van der Waals surface area contributed by atoms with Crippen LogP contribution in [-0.2, 0) is 0 Å². The van der Waals surface area contributed by atoms with Crippen molar-refractivity contribution in [1.29, 1.82) is 0 Å². The largest absolute Gasteiger partial charge is 0.276 e. The molecule has 1 aromatic carbocycles. The summed E-state index contributed by atoms with van der Waals surface area (Å²) in [6, 6.07) is 2.10. The van der Waals surface area contributed by atoms with Crippen LogP contribution in [0.25, 0.3) is 0 Å². The van der Waals surface area contributed by atoms with Gasteiger partial charge in [-0.15, -0.1) is 0 Å². The summed E-state index contributed by atoms with van der Waals surface area (Å²) in [5.74, 6) is 0. The average molecular weight is 300 g/mol. The van der Waals surface area contributed by atoms with Crippen LogP contribution in [0.5, 0.6) is 0 Å². The molecular formula is C9H2Cl4O3.